The predicted molar refractivity (Wildman–Crippen MR) is 60.9 cm³/mol. The first kappa shape index (κ1) is 11.3. The van der Waals surface area contributed by atoms with E-state index in [0.29, 0.717) is 18.1 Å². The average Bonchev–Trinajstić information content (AvgIpc) is 2.82. The van der Waals surface area contributed by atoms with Gasteiger partial charge in [0.1, 0.15) is 22.9 Å². The van der Waals surface area contributed by atoms with E-state index in [1.807, 2.05) is 19.3 Å². The van der Waals surface area contributed by atoms with Crippen LogP contribution in [0.3, 0.4) is 0 Å². The number of aryl methyl sites for hydroxylation is 2. The van der Waals surface area contributed by atoms with Crippen molar-refractivity contribution in [2.45, 2.75) is 13.5 Å². The van der Waals surface area contributed by atoms with Crippen LogP contribution >= 0.6 is 0 Å². The number of nitrogens with zero attached hydrogens (tertiary/aromatic N) is 2. The number of furan rings is 1. The van der Waals surface area contributed by atoms with Crippen molar-refractivity contribution in [3.63, 3.8) is 0 Å². The van der Waals surface area contributed by atoms with Crippen LogP contribution in [0, 0.1) is 6.92 Å². The van der Waals surface area contributed by atoms with Gasteiger partial charge in [0.05, 0.1) is 6.54 Å². The zero-order valence-corrected chi connectivity index (χ0v) is 9.60. The fraction of sp³-hybridized carbons (Fsp3) is 0.273. The van der Waals surface area contributed by atoms with Crippen molar-refractivity contribution in [2.75, 3.05) is 5.32 Å². The van der Waals surface area contributed by atoms with Crippen LogP contribution in [0.1, 0.15) is 21.9 Å². The van der Waals surface area contributed by atoms with E-state index >= 15 is 0 Å². The zero-order valence-electron chi connectivity index (χ0n) is 9.60. The summed E-state index contributed by atoms with van der Waals surface area (Å²) in [6.45, 7) is 2.04. The molecule has 0 aliphatic rings. The molecule has 6 nitrogen and oxygen atoms in total. The maximum atomic E-state index is 10.8. The molecule has 2 N–H and O–H groups in total. The highest BCUT2D eigenvalue weighted by Crippen LogP contribution is 2.15. The first-order chi connectivity index (χ1) is 8.06. The highest BCUT2D eigenvalue weighted by Gasteiger charge is 2.13. The topological polar surface area (TPSA) is 80.3 Å². The average molecular weight is 235 g/mol. The second-order valence-corrected chi connectivity index (χ2v) is 3.72. The Hall–Kier alpha value is -2.24. The van der Waals surface area contributed by atoms with Gasteiger partial charge in [-0.3, -0.25) is 4.68 Å². The first-order valence-corrected chi connectivity index (χ1v) is 5.12. The Morgan fingerprint density at radius 3 is 2.94 bits per heavy atom. The molecule has 0 saturated heterocycles. The number of carboxylic acids is 1. The van der Waals surface area contributed by atoms with Gasteiger partial charge in [0.15, 0.2) is 0 Å². The van der Waals surface area contributed by atoms with E-state index in [-0.39, 0.29) is 5.56 Å². The summed E-state index contributed by atoms with van der Waals surface area (Å²) in [6.07, 6.45) is 1.82. The van der Waals surface area contributed by atoms with Crippen molar-refractivity contribution in [3.05, 3.63) is 35.4 Å². The van der Waals surface area contributed by atoms with E-state index in [9.17, 15) is 4.79 Å². The Bertz CT molecular complexity index is 542. The fourth-order valence-electron chi connectivity index (χ4n) is 1.53. The van der Waals surface area contributed by atoms with Gasteiger partial charge in [0.2, 0.25) is 0 Å². The van der Waals surface area contributed by atoms with Gasteiger partial charge in [-0.2, -0.15) is 5.10 Å². The van der Waals surface area contributed by atoms with Gasteiger partial charge in [-0.1, -0.05) is 0 Å². The van der Waals surface area contributed by atoms with E-state index in [2.05, 4.69) is 10.4 Å². The minimum atomic E-state index is -0.977. The molecule has 2 aromatic rings. The molecule has 0 aromatic carbocycles. The Morgan fingerprint density at radius 1 is 1.65 bits per heavy atom. The zero-order chi connectivity index (χ0) is 12.4. The number of hydrogen-bond donors (Lipinski definition) is 2. The highest BCUT2D eigenvalue weighted by molar-refractivity contribution is 5.88. The quantitative estimate of drug-likeness (QED) is 0.841. The molecule has 90 valence electrons. The van der Waals surface area contributed by atoms with Gasteiger partial charge in [0.25, 0.3) is 0 Å². The van der Waals surface area contributed by atoms with Gasteiger partial charge < -0.3 is 14.8 Å². The van der Waals surface area contributed by atoms with Crippen molar-refractivity contribution in [3.8, 4) is 0 Å². The number of aromatic nitrogens is 2. The molecule has 0 amide bonds. The molecule has 0 bridgehead atoms. The minimum Gasteiger partial charge on any atom is -0.478 e. The largest absolute Gasteiger partial charge is 0.478 e. The number of nitrogens with one attached hydrogen (secondary N) is 1. The molecule has 0 atom stereocenters. The number of hydrogen-bond acceptors (Lipinski definition) is 4. The van der Waals surface area contributed by atoms with E-state index in [1.54, 1.807) is 11.6 Å². The Labute approximate surface area is 97.9 Å². The van der Waals surface area contributed by atoms with Gasteiger partial charge in [-0.15, -0.1) is 0 Å². The highest BCUT2D eigenvalue weighted by atomic mass is 16.4. The number of anilines is 1. The molecular weight excluding hydrogens is 222 g/mol. The molecule has 0 fully saturated rings. The molecule has 0 aliphatic heterocycles. The lowest BCUT2D eigenvalue weighted by atomic mass is 10.2. The summed E-state index contributed by atoms with van der Waals surface area (Å²) in [5, 5.41) is 16.1. The van der Waals surface area contributed by atoms with Gasteiger partial charge in [-0.25, -0.2) is 4.79 Å². The number of carboxylic acid groups (broad SMARTS) is 1. The van der Waals surface area contributed by atoms with Crippen LogP contribution in [0.4, 0.5) is 5.82 Å². The molecule has 0 radical (unpaired) electrons. The SMILES string of the molecule is Cc1oc(CNc2ccn(C)n2)cc1C(=O)O. The van der Waals surface area contributed by atoms with Gasteiger partial charge >= 0.3 is 5.97 Å². The van der Waals surface area contributed by atoms with Crippen LogP contribution in [0.2, 0.25) is 0 Å². The summed E-state index contributed by atoms with van der Waals surface area (Å²) in [5.41, 5.74) is 0.197. The second-order valence-electron chi connectivity index (χ2n) is 3.72. The molecular formula is C11H13N3O3. The van der Waals surface area contributed by atoms with E-state index < -0.39 is 5.97 Å². The summed E-state index contributed by atoms with van der Waals surface area (Å²) < 4.78 is 7.01. The maximum absolute atomic E-state index is 10.8. The third kappa shape index (κ3) is 2.47. The lowest BCUT2D eigenvalue weighted by molar-refractivity contribution is 0.0695. The molecule has 6 heteroatoms. The standard InChI is InChI=1S/C11H13N3O3/c1-7-9(11(15)16)5-8(17-7)6-12-10-3-4-14(2)13-10/h3-5H,6H2,1-2H3,(H,12,13)(H,15,16). The summed E-state index contributed by atoms with van der Waals surface area (Å²) in [6, 6.07) is 3.35. The van der Waals surface area contributed by atoms with Crippen LogP contribution < -0.4 is 5.32 Å². The van der Waals surface area contributed by atoms with Crippen molar-refractivity contribution in [1.82, 2.24) is 9.78 Å². The van der Waals surface area contributed by atoms with Crippen LogP contribution in [-0.4, -0.2) is 20.9 Å². The molecule has 0 spiro atoms. The molecule has 17 heavy (non-hydrogen) atoms. The van der Waals surface area contributed by atoms with E-state index in [1.165, 1.54) is 6.07 Å². The van der Waals surface area contributed by atoms with Crippen molar-refractivity contribution >= 4 is 11.8 Å². The number of rotatable bonds is 4. The Balaban J connectivity index is 2.04. The second kappa shape index (κ2) is 4.32. The van der Waals surface area contributed by atoms with Crippen LogP contribution in [0.5, 0.6) is 0 Å². The maximum Gasteiger partial charge on any atom is 0.339 e. The summed E-state index contributed by atoms with van der Waals surface area (Å²) in [7, 11) is 1.82. The minimum absolute atomic E-state index is 0.197. The molecule has 0 unspecified atom stereocenters. The molecule has 0 aliphatic carbocycles. The lowest BCUT2D eigenvalue weighted by Crippen LogP contribution is -2.00. The monoisotopic (exact) mass is 235 g/mol. The third-order valence-corrected chi connectivity index (χ3v) is 2.36. The summed E-state index contributed by atoms with van der Waals surface area (Å²) in [4.78, 5) is 10.8. The summed E-state index contributed by atoms with van der Waals surface area (Å²) >= 11 is 0. The van der Waals surface area contributed by atoms with Gasteiger partial charge in [-0.05, 0) is 13.0 Å². The molecule has 2 heterocycles. The van der Waals surface area contributed by atoms with Crippen LogP contribution in [-0.2, 0) is 13.6 Å². The number of aromatic carboxylic acids is 1. The predicted octanol–water partition coefficient (Wildman–Crippen LogP) is 1.63. The van der Waals surface area contributed by atoms with Crippen LogP contribution in [0.25, 0.3) is 0 Å². The number of carbonyl (C=O) groups is 1. The van der Waals surface area contributed by atoms with Crippen molar-refractivity contribution < 1.29 is 14.3 Å². The Kier molecular flexibility index (Phi) is 2.86. The molecule has 2 rings (SSSR count). The first-order valence-electron chi connectivity index (χ1n) is 5.12. The third-order valence-electron chi connectivity index (χ3n) is 2.36. The smallest absolute Gasteiger partial charge is 0.339 e. The van der Waals surface area contributed by atoms with E-state index in [4.69, 9.17) is 9.52 Å². The lowest BCUT2D eigenvalue weighted by Gasteiger charge is -1.98. The van der Waals surface area contributed by atoms with Crippen molar-refractivity contribution in [1.29, 1.82) is 0 Å². The Morgan fingerprint density at radius 2 is 2.41 bits per heavy atom. The van der Waals surface area contributed by atoms with Crippen LogP contribution in [0.15, 0.2) is 22.7 Å². The normalized spacial score (nSPS) is 10.5. The van der Waals surface area contributed by atoms with Gasteiger partial charge in [0, 0.05) is 19.3 Å². The molecule has 0 saturated carbocycles. The molecule has 2 aromatic heterocycles. The fourth-order valence-corrected chi connectivity index (χ4v) is 1.53. The summed E-state index contributed by atoms with van der Waals surface area (Å²) in [5.74, 6) is 0.731. The van der Waals surface area contributed by atoms with Crippen molar-refractivity contribution in [2.24, 2.45) is 7.05 Å². The van der Waals surface area contributed by atoms with E-state index in [0.717, 1.165) is 5.82 Å².